The summed E-state index contributed by atoms with van der Waals surface area (Å²) in [5, 5.41) is 0. The zero-order valence-electron chi connectivity index (χ0n) is 8.54. The van der Waals surface area contributed by atoms with Crippen molar-refractivity contribution in [1.82, 2.24) is 4.90 Å². The molecule has 1 unspecified atom stereocenters. The SMILES string of the molecule is C1=CCC(N2CCCCCC2)CC1. The van der Waals surface area contributed by atoms with Gasteiger partial charge in [0.1, 0.15) is 0 Å². The van der Waals surface area contributed by atoms with E-state index in [1.54, 1.807) is 0 Å². The summed E-state index contributed by atoms with van der Waals surface area (Å²) in [6.07, 6.45) is 14.5. The van der Waals surface area contributed by atoms with Gasteiger partial charge in [-0.15, -0.1) is 0 Å². The molecule has 1 heterocycles. The van der Waals surface area contributed by atoms with Crippen LogP contribution < -0.4 is 0 Å². The number of nitrogens with zero attached hydrogens (tertiary/aromatic N) is 1. The van der Waals surface area contributed by atoms with Crippen LogP contribution in [-0.4, -0.2) is 24.0 Å². The zero-order valence-corrected chi connectivity index (χ0v) is 8.54. The Morgan fingerprint density at radius 3 is 2.31 bits per heavy atom. The molecule has 74 valence electrons. The van der Waals surface area contributed by atoms with Crippen LogP contribution in [0.5, 0.6) is 0 Å². The standard InChI is InChI=1S/C12H21N/c1-2-7-11-13(10-6-1)12-8-4-3-5-9-12/h3-4,12H,1-2,5-11H2. The van der Waals surface area contributed by atoms with E-state index in [-0.39, 0.29) is 0 Å². The Morgan fingerprint density at radius 2 is 1.69 bits per heavy atom. The predicted molar refractivity (Wildman–Crippen MR) is 56.8 cm³/mol. The van der Waals surface area contributed by atoms with E-state index in [9.17, 15) is 0 Å². The summed E-state index contributed by atoms with van der Waals surface area (Å²) >= 11 is 0. The lowest BCUT2D eigenvalue weighted by molar-refractivity contribution is 0.191. The van der Waals surface area contributed by atoms with Crippen LogP contribution in [0, 0.1) is 0 Å². The van der Waals surface area contributed by atoms with Gasteiger partial charge in [-0.1, -0.05) is 25.0 Å². The lowest BCUT2D eigenvalue weighted by atomic mass is 10.0. The maximum absolute atomic E-state index is 2.73. The molecule has 0 radical (unpaired) electrons. The third-order valence-electron chi connectivity index (χ3n) is 3.40. The predicted octanol–water partition coefficient (Wildman–Crippen LogP) is 2.97. The van der Waals surface area contributed by atoms with E-state index in [4.69, 9.17) is 0 Å². The van der Waals surface area contributed by atoms with Gasteiger partial charge < -0.3 is 4.90 Å². The summed E-state index contributed by atoms with van der Waals surface area (Å²) in [6.45, 7) is 2.72. The molecule has 1 saturated heterocycles. The Balaban J connectivity index is 1.86. The quantitative estimate of drug-likeness (QED) is 0.559. The van der Waals surface area contributed by atoms with Crippen molar-refractivity contribution < 1.29 is 0 Å². The van der Waals surface area contributed by atoms with Crippen LogP contribution >= 0.6 is 0 Å². The van der Waals surface area contributed by atoms with Crippen molar-refractivity contribution in [3.63, 3.8) is 0 Å². The van der Waals surface area contributed by atoms with E-state index in [2.05, 4.69) is 17.1 Å². The minimum atomic E-state index is 0.878. The second-order valence-electron chi connectivity index (χ2n) is 4.39. The van der Waals surface area contributed by atoms with E-state index in [1.807, 2.05) is 0 Å². The molecule has 1 nitrogen and oxygen atoms in total. The van der Waals surface area contributed by atoms with Crippen molar-refractivity contribution in [2.45, 2.75) is 51.0 Å². The maximum Gasteiger partial charge on any atom is 0.0133 e. The molecule has 2 aliphatic rings. The largest absolute Gasteiger partial charge is 0.300 e. The Labute approximate surface area is 81.8 Å². The summed E-state index contributed by atoms with van der Waals surface area (Å²) < 4.78 is 0. The van der Waals surface area contributed by atoms with Crippen molar-refractivity contribution in [2.75, 3.05) is 13.1 Å². The van der Waals surface area contributed by atoms with Gasteiger partial charge in [0.05, 0.1) is 0 Å². The Morgan fingerprint density at radius 1 is 0.923 bits per heavy atom. The molecule has 0 bridgehead atoms. The van der Waals surface area contributed by atoms with Gasteiger partial charge in [-0.25, -0.2) is 0 Å². The van der Waals surface area contributed by atoms with Crippen molar-refractivity contribution in [2.24, 2.45) is 0 Å². The van der Waals surface area contributed by atoms with Crippen molar-refractivity contribution in [3.05, 3.63) is 12.2 Å². The summed E-state index contributed by atoms with van der Waals surface area (Å²) in [4.78, 5) is 2.73. The molecule has 2 rings (SSSR count). The van der Waals surface area contributed by atoms with Crippen molar-refractivity contribution in [3.8, 4) is 0 Å². The fraction of sp³-hybridized carbons (Fsp3) is 0.833. The highest BCUT2D eigenvalue weighted by Gasteiger charge is 2.19. The highest BCUT2D eigenvalue weighted by molar-refractivity contribution is 4.94. The van der Waals surface area contributed by atoms with Crippen LogP contribution in [0.3, 0.4) is 0 Å². The fourth-order valence-electron chi connectivity index (χ4n) is 2.57. The van der Waals surface area contributed by atoms with E-state index in [0.29, 0.717) is 0 Å². The molecule has 1 atom stereocenters. The average molecular weight is 179 g/mol. The molecule has 13 heavy (non-hydrogen) atoms. The summed E-state index contributed by atoms with van der Waals surface area (Å²) in [7, 11) is 0. The number of allylic oxidation sites excluding steroid dienone is 1. The molecular weight excluding hydrogens is 158 g/mol. The van der Waals surface area contributed by atoms with Gasteiger partial charge in [0.2, 0.25) is 0 Å². The van der Waals surface area contributed by atoms with Crippen LogP contribution in [0.4, 0.5) is 0 Å². The molecule has 1 aliphatic heterocycles. The molecule has 1 aliphatic carbocycles. The van der Waals surface area contributed by atoms with E-state index in [1.165, 1.54) is 58.0 Å². The van der Waals surface area contributed by atoms with Crippen LogP contribution in [0.25, 0.3) is 0 Å². The second kappa shape index (κ2) is 4.80. The molecule has 1 heteroatoms. The highest BCUT2D eigenvalue weighted by atomic mass is 15.1. The summed E-state index contributed by atoms with van der Waals surface area (Å²) in [5.74, 6) is 0. The van der Waals surface area contributed by atoms with Crippen molar-refractivity contribution in [1.29, 1.82) is 0 Å². The first-order valence-electron chi connectivity index (χ1n) is 5.86. The van der Waals surface area contributed by atoms with Gasteiger partial charge in [-0.05, 0) is 45.2 Å². The highest BCUT2D eigenvalue weighted by Crippen LogP contribution is 2.20. The molecule has 0 aromatic rings. The molecule has 0 spiro atoms. The average Bonchev–Trinajstić information content (AvgIpc) is 2.47. The third kappa shape index (κ3) is 2.57. The number of rotatable bonds is 1. The molecule has 0 N–H and O–H groups in total. The third-order valence-corrected chi connectivity index (χ3v) is 3.40. The number of hydrogen-bond acceptors (Lipinski definition) is 1. The first-order chi connectivity index (χ1) is 6.47. The smallest absolute Gasteiger partial charge is 0.0133 e. The van der Waals surface area contributed by atoms with Crippen LogP contribution in [-0.2, 0) is 0 Å². The second-order valence-corrected chi connectivity index (χ2v) is 4.39. The molecule has 0 saturated carbocycles. The van der Waals surface area contributed by atoms with Gasteiger partial charge >= 0.3 is 0 Å². The van der Waals surface area contributed by atoms with Gasteiger partial charge in [-0.2, -0.15) is 0 Å². The zero-order chi connectivity index (χ0) is 8.93. The van der Waals surface area contributed by atoms with Crippen molar-refractivity contribution >= 4 is 0 Å². The normalized spacial score (nSPS) is 31.5. The first-order valence-corrected chi connectivity index (χ1v) is 5.86. The Bertz CT molecular complexity index is 166. The molecule has 0 aromatic heterocycles. The lowest BCUT2D eigenvalue weighted by Gasteiger charge is -2.31. The fourth-order valence-corrected chi connectivity index (χ4v) is 2.57. The monoisotopic (exact) mass is 179 g/mol. The van der Waals surface area contributed by atoms with Gasteiger partial charge in [0, 0.05) is 6.04 Å². The topological polar surface area (TPSA) is 3.24 Å². The van der Waals surface area contributed by atoms with Gasteiger partial charge in [-0.3, -0.25) is 0 Å². The minimum Gasteiger partial charge on any atom is -0.300 e. The first kappa shape index (κ1) is 9.26. The maximum atomic E-state index is 2.73. The van der Waals surface area contributed by atoms with Gasteiger partial charge in [0.15, 0.2) is 0 Å². The number of likely N-dealkylation sites (tertiary alicyclic amines) is 1. The number of hydrogen-bond donors (Lipinski definition) is 0. The summed E-state index contributed by atoms with van der Waals surface area (Å²) in [5.41, 5.74) is 0. The molecule has 1 fully saturated rings. The van der Waals surface area contributed by atoms with E-state index < -0.39 is 0 Å². The van der Waals surface area contributed by atoms with Gasteiger partial charge in [0.25, 0.3) is 0 Å². The molecular formula is C12H21N. The molecule has 0 amide bonds. The Kier molecular flexibility index (Phi) is 3.42. The summed E-state index contributed by atoms with van der Waals surface area (Å²) in [6, 6.07) is 0.878. The van der Waals surface area contributed by atoms with Crippen LogP contribution in [0.2, 0.25) is 0 Å². The van der Waals surface area contributed by atoms with E-state index >= 15 is 0 Å². The van der Waals surface area contributed by atoms with Crippen LogP contribution in [0.1, 0.15) is 44.9 Å². The van der Waals surface area contributed by atoms with E-state index in [0.717, 1.165) is 6.04 Å². The lowest BCUT2D eigenvalue weighted by Crippen LogP contribution is -2.36. The van der Waals surface area contributed by atoms with Crippen LogP contribution in [0.15, 0.2) is 12.2 Å². The minimum absolute atomic E-state index is 0.878. The molecule has 0 aromatic carbocycles. The Hall–Kier alpha value is -0.300.